The molecule has 0 aromatic carbocycles. The van der Waals surface area contributed by atoms with Gasteiger partial charge in [0.1, 0.15) is 0 Å². The minimum absolute atomic E-state index is 0.189. The summed E-state index contributed by atoms with van der Waals surface area (Å²) in [6.45, 7) is 4.93. The number of hydrogen-bond donors (Lipinski definition) is 0. The molecule has 0 spiro atoms. The van der Waals surface area contributed by atoms with Crippen molar-refractivity contribution in [1.29, 1.82) is 0 Å². The van der Waals surface area contributed by atoms with Gasteiger partial charge in [-0.2, -0.15) is 0 Å². The lowest BCUT2D eigenvalue weighted by Gasteiger charge is -2.32. The highest BCUT2D eigenvalue weighted by Crippen LogP contribution is 2.25. The minimum Gasteiger partial charge on any atom is -0.377 e. The third-order valence-corrected chi connectivity index (χ3v) is 5.52. The van der Waals surface area contributed by atoms with E-state index in [2.05, 4.69) is 0 Å². The lowest BCUT2D eigenvalue weighted by molar-refractivity contribution is -0.129. The normalized spacial score (nSPS) is 36.9. The zero-order valence-electron chi connectivity index (χ0n) is 16.1. The summed E-state index contributed by atoms with van der Waals surface area (Å²) in [5.74, 6) is 0. The number of ether oxygens (including phenoxy) is 6. The van der Waals surface area contributed by atoms with Crippen molar-refractivity contribution in [1.82, 2.24) is 0 Å². The van der Waals surface area contributed by atoms with Gasteiger partial charge in [0.25, 0.3) is 0 Å². The summed E-state index contributed by atoms with van der Waals surface area (Å²) >= 11 is 0. The van der Waals surface area contributed by atoms with Crippen LogP contribution < -0.4 is 0 Å². The van der Waals surface area contributed by atoms with Gasteiger partial charge in [0.05, 0.1) is 77.3 Å². The van der Waals surface area contributed by atoms with Crippen LogP contribution in [0.15, 0.2) is 0 Å². The van der Waals surface area contributed by atoms with Gasteiger partial charge in [0.2, 0.25) is 0 Å². The Bertz CT molecular complexity index is 300. The average molecular weight is 373 g/mol. The Labute approximate surface area is 157 Å². The maximum Gasteiger partial charge on any atom is 0.0837 e. The lowest BCUT2D eigenvalue weighted by atomic mass is 9.94. The molecule has 0 bridgehead atoms. The van der Waals surface area contributed by atoms with E-state index in [9.17, 15) is 0 Å². The molecule has 3 fully saturated rings. The molecule has 3 aliphatic rings. The zero-order valence-corrected chi connectivity index (χ0v) is 16.1. The standard InChI is InChI=1S/C20H36O6/c1-2-6-18-17(5-1)23-13-9-21-11-15-25-19-7-3-4-8-20(19)26-16-12-22-10-14-24-18/h17-20H,1-16H2/t17-,18+,19+,20-. The van der Waals surface area contributed by atoms with Crippen LogP contribution in [0.3, 0.4) is 0 Å². The zero-order chi connectivity index (χ0) is 17.9. The van der Waals surface area contributed by atoms with Crippen molar-refractivity contribution in [2.24, 2.45) is 0 Å². The molecule has 1 heterocycles. The molecule has 1 saturated heterocycles. The first kappa shape index (κ1) is 20.5. The van der Waals surface area contributed by atoms with Crippen molar-refractivity contribution in [3.63, 3.8) is 0 Å². The highest BCUT2D eigenvalue weighted by atomic mass is 16.6. The van der Waals surface area contributed by atoms with E-state index in [0.717, 1.165) is 25.7 Å². The van der Waals surface area contributed by atoms with Gasteiger partial charge >= 0.3 is 0 Å². The third-order valence-electron chi connectivity index (χ3n) is 5.52. The lowest BCUT2D eigenvalue weighted by Crippen LogP contribution is -2.37. The average Bonchev–Trinajstić information content (AvgIpc) is 2.68. The van der Waals surface area contributed by atoms with E-state index in [1.165, 1.54) is 25.7 Å². The van der Waals surface area contributed by atoms with E-state index in [1.807, 2.05) is 0 Å². The topological polar surface area (TPSA) is 55.4 Å². The first-order valence-corrected chi connectivity index (χ1v) is 10.6. The molecule has 0 amide bonds. The van der Waals surface area contributed by atoms with Crippen LogP contribution in [0.4, 0.5) is 0 Å². The predicted octanol–water partition coefficient (Wildman–Crippen LogP) is 2.72. The molecule has 4 atom stereocenters. The Kier molecular flexibility index (Phi) is 9.67. The van der Waals surface area contributed by atoms with E-state index in [-0.39, 0.29) is 24.4 Å². The van der Waals surface area contributed by atoms with Crippen LogP contribution in [0.2, 0.25) is 0 Å². The fourth-order valence-electron chi connectivity index (χ4n) is 4.13. The molecule has 1 aliphatic heterocycles. The molecular formula is C20H36O6. The van der Waals surface area contributed by atoms with Gasteiger partial charge in [0.15, 0.2) is 0 Å². The molecule has 0 aromatic heterocycles. The maximum atomic E-state index is 6.03. The fraction of sp³-hybridized carbons (Fsp3) is 1.00. The molecule has 0 unspecified atom stereocenters. The number of hydrogen-bond acceptors (Lipinski definition) is 6. The van der Waals surface area contributed by atoms with Gasteiger partial charge in [-0.25, -0.2) is 0 Å². The summed E-state index contributed by atoms with van der Waals surface area (Å²) < 4.78 is 35.5. The van der Waals surface area contributed by atoms with Crippen molar-refractivity contribution in [3.05, 3.63) is 0 Å². The Morgan fingerprint density at radius 2 is 0.615 bits per heavy atom. The van der Waals surface area contributed by atoms with E-state index < -0.39 is 0 Å². The summed E-state index contributed by atoms with van der Waals surface area (Å²) in [5.41, 5.74) is 0. The number of fused-ring (bicyclic) bond motifs is 2. The summed E-state index contributed by atoms with van der Waals surface area (Å²) in [5, 5.41) is 0. The Hall–Kier alpha value is -0.240. The van der Waals surface area contributed by atoms with E-state index in [0.29, 0.717) is 52.9 Å². The molecule has 6 nitrogen and oxygen atoms in total. The Morgan fingerprint density at radius 1 is 0.346 bits per heavy atom. The summed E-state index contributed by atoms with van der Waals surface area (Å²) in [7, 11) is 0. The van der Waals surface area contributed by atoms with Crippen LogP contribution in [0.5, 0.6) is 0 Å². The molecule has 3 rings (SSSR count). The fourth-order valence-corrected chi connectivity index (χ4v) is 4.13. The third kappa shape index (κ3) is 7.06. The largest absolute Gasteiger partial charge is 0.377 e. The van der Waals surface area contributed by atoms with Crippen LogP contribution in [-0.2, 0) is 28.4 Å². The van der Waals surface area contributed by atoms with Crippen LogP contribution in [-0.4, -0.2) is 77.3 Å². The van der Waals surface area contributed by atoms with Crippen LogP contribution >= 0.6 is 0 Å². The second-order valence-electron chi connectivity index (χ2n) is 7.43. The first-order chi connectivity index (χ1) is 12.9. The molecular weight excluding hydrogens is 336 g/mol. The molecule has 6 heteroatoms. The van der Waals surface area contributed by atoms with Gasteiger partial charge in [-0.05, 0) is 25.7 Å². The van der Waals surface area contributed by atoms with Gasteiger partial charge in [-0.1, -0.05) is 25.7 Å². The second kappa shape index (κ2) is 12.3. The highest BCUT2D eigenvalue weighted by molar-refractivity contribution is 4.77. The van der Waals surface area contributed by atoms with Crippen LogP contribution in [0, 0.1) is 0 Å². The molecule has 2 saturated carbocycles. The van der Waals surface area contributed by atoms with E-state index in [4.69, 9.17) is 28.4 Å². The van der Waals surface area contributed by atoms with E-state index in [1.54, 1.807) is 0 Å². The second-order valence-corrected chi connectivity index (χ2v) is 7.43. The van der Waals surface area contributed by atoms with Crippen molar-refractivity contribution in [2.45, 2.75) is 75.8 Å². The van der Waals surface area contributed by atoms with Crippen LogP contribution in [0.1, 0.15) is 51.4 Å². The van der Waals surface area contributed by atoms with Crippen molar-refractivity contribution in [2.75, 3.05) is 52.9 Å². The van der Waals surface area contributed by atoms with Gasteiger partial charge in [-0.3, -0.25) is 0 Å². The van der Waals surface area contributed by atoms with Gasteiger partial charge in [0, 0.05) is 0 Å². The molecule has 0 radical (unpaired) electrons. The molecule has 26 heavy (non-hydrogen) atoms. The molecule has 0 N–H and O–H groups in total. The Morgan fingerprint density at radius 3 is 0.885 bits per heavy atom. The monoisotopic (exact) mass is 372 g/mol. The quantitative estimate of drug-likeness (QED) is 0.652. The van der Waals surface area contributed by atoms with Crippen molar-refractivity contribution >= 4 is 0 Å². The van der Waals surface area contributed by atoms with Gasteiger partial charge in [-0.15, -0.1) is 0 Å². The molecule has 2 aliphatic carbocycles. The number of rotatable bonds is 0. The maximum absolute atomic E-state index is 6.03. The smallest absolute Gasteiger partial charge is 0.0837 e. The summed E-state index contributed by atoms with van der Waals surface area (Å²) in [4.78, 5) is 0. The first-order valence-electron chi connectivity index (χ1n) is 10.6. The molecule has 0 aromatic rings. The SMILES string of the molecule is C1CC[C@H]2OCCOCCO[C@H]3CCCC[C@H]3OCCOCCO[C@H]2C1. The minimum atomic E-state index is 0.189. The van der Waals surface area contributed by atoms with E-state index >= 15 is 0 Å². The van der Waals surface area contributed by atoms with Crippen molar-refractivity contribution < 1.29 is 28.4 Å². The highest BCUT2D eigenvalue weighted by Gasteiger charge is 2.27. The summed E-state index contributed by atoms with van der Waals surface area (Å²) in [6, 6.07) is 0. The van der Waals surface area contributed by atoms with Crippen LogP contribution in [0.25, 0.3) is 0 Å². The van der Waals surface area contributed by atoms with Gasteiger partial charge < -0.3 is 28.4 Å². The predicted molar refractivity (Wildman–Crippen MR) is 97.5 cm³/mol. The summed E-state index contributed by atoms with van der Waals surface area (Å²) in [6.07, 6.45) is 9.93. The molecule has 152 valence electrons. The Balaban J connectivity index is 1.44. The van der Waals surface area contributed by atoms with Crippen molar-refractivity contribution in [3.8, 4) is 0 Å².